The van der Waals surface area contributed by atoms with Crippen molar-refractivity contribution in [2.45, 2.75) is 25.4 Å². The van der Waals surface area contributed by atoms with Crippen LogP contribution in [0.4, 0.5) is 0 Å². The molecule has 29 heavy (non-hydrogen) atoms. The fraction of sp³-hybridized carbons (Fsp3) is 0.333. The van der Waals surface area contributed by atoms with Crippen molar-refractivity contribution < 1.29 is 4.74 Å². The van der Waals surface area contributed by atoms with Gasteiger partial charge in [-0.2, -0.15) is 5.10 Å². The van der Waals surface area contributed by atoms with Gasteiger partial charge in [-0.05, 0) is 24.6 Å². The third kappa shape index (κ3) is 2.49. The summed E-state index contributed by atoms with van der Waals surface area (Å²) in [6, 6.07) is 8.19. The van der Waals surface area contributed by atoms with E-state index in [2.05, 4.69) is 9.55 Å². The van der Waals surface area contributed by atoms with E-state index in [0.717, 1.165) is 47.9 Å². The molecule has 146 valence electrons. The van der Waals surface area contributed by atoms with Gasteiger partial charge in [0.25, 0.3) is 5.56 Å². The van der Waals surface area contributed by atoms with E-state index in [-0.39, 0.29) is 5.56 Å². The van der Waals surface area contributed by atoms with Crippen LogP contribution in [0.2, 0.25) is 0 Å². The van der Waals surface area contributed by atoms with Crippen molar-refractivity contribution in [3.8, 4) is 22.6 Å². The van der Waals surface area contributed by atoms with Crippen LogP contribution in [0.3, 0.4) is 0 Å². The first kappa shape index (κ1) is 16.7. The number of ether oxygens (including phenoxy) is 1. The molecule has 4 aromatic rings. The van der Waals surface area contributed by atoms with Crippen molar-refractivity contribution in [2.24, 2.45) is 7.05 Å². The first-order chi connectivity index (χ1) is 14.2. The van der Waals surface area contributed by atoms with E-state index in [0.29, 0.717) is 30.2 Å². The molecule has 2 aliphatic heterocycles. The Labute approximate surface area is 166 Å². The first-order valence-corrected chi connectivity index (χ1v) is 9.87. The SMILES string of the molecule is Cn1cnc2ccc(-c3c(-c4ccn(C5COC5)n4)nc4n3CCC4)cc2c1=O. The standard InChI is InChI=1S/C21H20N6O2/c1-25-12-22-16-5-4-13(9-15(16)21(25)28)20-19(23-18-3-2-7-26(18)20)17-6-8-27(24-17)14-10-29-11-14/h4-6,8-9,12,14H,2-3,7,10-11H2,1H3. The summed E-state index contributed by atoms with van der Waals surface area (Å²) in [5.74, 6) is 1.08. The van der Waals surface area contributed by atoms with Crippen LogP contribution in [0.15, 0.2) is 41.6 Å². The molecule has 0 atom stereocenters. The Morgan fingerprint density at radius 1 is 1.21 bits per heavy atom. The Balaban J connectivity index is 1.54. The number of nitrogens with zero attached hydrogens (tertiary/aromatic N) is 6. The van der Waals surface area contributed by atoms with Crippen LogP contribution in [0.25, 0.3) is 33.5 Å². The monoisotopic (exact) mass is 388 g/mol. The predicted octanol–water partition coefficient (Wildman–Crippen LogP) is 2.18. The molecule has 0 radical (unpaired) electrons. The van der Waals surface area contributed by atoms with Gasteiger partial charge in [0, 0.05) is 31.8 Å². The highest BCUT2D eigenvalue weighted by Crippen LogP contribution is 2.36. The molecule has 2 aliphatic rings. The second-order valence-electron chi connectivity index (χ2n) is 7.75. The summed E-state index contributed by atoms with van der Waals surface area (Å²) < 4.78 is 11.0. The number of aryl methyl sites for hydroxylation is 2. The molecule has 8 nitrogen and oxygen atoms in total. The minimum Gasteiger partial charge on any atom is -0.377 e. The van der Waals surface area contributed by atoms with Crippen LogP contribution < -0.4 is 5.56 Å². The van der Waals surface area contributed by atoms with Gasteiger partial charge in [0.2, 0.25) is 0 Å². The largest absolute Gasteiger partial charge is 0.377 e. The number of benzene rings is 1. The Morgan fingerprint density at radius 2 is 2.10 bits per heavy atom. The van der Waals surface area contributed by atoms with E-state index in [1.807, 2.05) is 35.1 Å². The molecule has 3 aromatic heterocycles. The molecule has 0 aliphatic carbocycles. The Morgan fingerprint density at radius 3 is 2.93 bits per heavy atom. The maximum atomic E-state index is 12.6. The zero-order valence-electron chi connectivity index (χ0n) is 16.1. The van der Waals surface area contributed by atoms with Crippen LogP contribution in [0.5, 0.6) is 0 Å². The van der Waals surface area contributed by atoms with E-state index in [4.69, 9.17) is 14.8 Å². The Kier molecular flexibility index (Phi) is 3.52. The molecule has 1 fully saturated rings. The van der Waals surface area contributed by atoms with Gasteiger partial charge in [-0.1, -0.05) is 6.07 Å². The third-order valence-electron chi connectivity index (χ3n) is 5.87. The topological polar surface area (TPSA) is 79.8 Å². The zero-order chi connectivity index (χ0) is 19.5. The highest BCUT2D eigenvalue weighted by molar-refractivity contribution is 5.86. The van der Waals surface area contributed by atoms with E-state index in [1.165, 1.54) is 4.57 Å². The molecule has 0 N–H and O–H groups in total. The maximum Gasteiger partial charge on any atom is 0.260 e. The fourth-order valence-corrected chi connectivity index (χ4v) is 4.20. The van der Waals surface area contributed by atoms with Crippen molar-refractivity contribution in [1.29, 1.82) is 0 Å². The Bertz CT molecular complexity index is 1310. The number of hydrogen-bond acceptors (Lipinski definition) is 5. The molecule has 6 rings (SSSR count). The molecule has 0 amide bonds. The second-order valence-corrected chi connectivity index (χ2v) is 7.75. The van der Waals surface area contributed by atoms with Crippen LogP contribution in [-0.4, -0.2) is 42.1 Å². The second kappa shape index (κ2) is 6.12. The molecule has 8 heteroatoms. The molecule has 1 saturated heterocycles. The van der Waals surface area contributed by atoms with Gasteiger partial charge < -0.3 is 13.9 Å². The van der Waals surface area contributed by atoms with Gasteiger partial charge in [0.05, 0.1) is 42.2 Å². The number of rotatable bonds is 3. The lowest BCUT2D eigenvalue weighted by atomic mass is 10.1. The summed E-state index contributed by atoms with van der Waals surface area (Å²) >= 11 is 0. The summed E-state index contributed by atoms with van der Waals surface area (Å²) in [4.78, 5) is 21.9. The lowest BCUT2D eigenvalue weighted by molar-refractivity contribution is -0.0285. The summed E-state index contributed by atoms with van der Waals surface area (Å²) in [5.41, 5.74) is 4.38. The lowest BCUT2D eigenvalue weighted by Crippen LogP contribution is -2.30. The number of fused-ring (bicyclic) bond motifs is 2. The smallest absolute Gasteiger partial charge is 0.260 e. The molecule has 0 spiro atoms. The minimum atomic E-state index is -0.0474. The van der Waals surface area contributed by atoms with Gasteiger partial charge in [-0.25, -0.2) is 9.97 Å². The zero-order valence-corrected chi connectivity index (χ0v) is 16.1. The summed E-state index contributed by atoms with van der Waals surface area (Å²) in [7, 11) is 1.72. The Hall–Kier alpha value is -3.26. The lowest BCUT2D eigenvalue weighted by Gasteiger charge is -2.25. The summed E-state index contributed by atoms with van der Waals surface area (Å²) in [6.07, 6.45) is 5.60. The highest BCUT2D eigenvalue weighted by Gasteiger charge is 2.26. The van der Waals surface area contributed by atoms with Crippen LogP contribution in [-0.2, 0) is 24.8 Å². The van der Waals surface area contributed by atoms with E-state index >= 15 is 0 Å². The average Bonchev–Trinajstić information content (AvgIpc) is 3.39. The van der Waals surface area contributed by atoms with Crippen molar-refractivity contribution in [2.75, 3.05) is 13.2 Å². The molecule has 0 saturated carbocycles. The molecular formula is C21H20N6O2. The predicted molar refractivity (Wildman–Crippen MR) is 108 cm³/mol. The number of imidazole rings is 1. The van der Waals surface area contributed by atoms with Crippen LogP contribution in [0, 0.1) is 0 Å². The van der Waals surface area contributed by atoms with Gasteiger partial charge in [-0.15, -0.1) is 0 Å². The van der Waals surface area contributed by atoms with Gasteiger partial charge >= 0.3 is 0 Å². The van der Waals surface area contributed by atoms with E-state index in [1.54, 1.807) is 13.4 Å². The van der Waals surface area contributed by atoms with E-state index in [9.17, 15) is 4.79 Å². The van der Waals surface area contributed by atoms with Crippen LogP contribution >= 0.6 is 0 Å². The number of hydrogen-bond donors (Lipinski definition) is 0. The summed E-state index contributed by atoms with van der Waals surface area (Å²) in [6.45, 7) is 2.33. The minimum absolute atomic E-state index is 0.0474. The fourth-order valence-electron chi connectivity index (χ4n) is 4.20. The van der Waals surface area contributed by atoms with Crippen LogP contribution in [0.1, 0.15) is 18.3 Å². The molecule has 1 aromatic carbocycles. The first-order valence-electron chi connectivity index (χ1n) is 9.87. The van der Waals surface area contributed by atoms with Gasteiger partial charge in [-0.3, -0.25) is 9.48 Å². The molecule has 0 bridgehead atoms. The summed E-state index contributed by atoms with van der Waals surface area (Å²) in [5, 5.41) is 5.39. The normalized spacial score (nSPS) is 16.3. The maximum absolute atomic E-state index is 12.6. The molecule has 0 unspecified atom stereocenters. The number of aromatic nitrogens is 6. The third-order valence-corrected chi connectivity index (χ3v) is 5.87. The molecular weight excluding hydrogens is 368 g/mol. The quantitative estimate of drug-likeness (QED) is 0.537. The van der Waals surface area contributed by atoms with Crippen molar-refractivity contribution in [1.82, 2.24) is 28.9 Å². The van der Waals surface area contributed by atoms with Gasteiger partial charge in [0.15, 0.2) is 0 Å². The average molecular weight is 388 g/mol. The van der Waals surface area contributed by atoms with Gasteiger partial charge in [0.1, 0.15) is 17.2 Å². The van der Waals surface area contributed by atoms with Crippen molar-refractivity contribution in [3.63, 3.8) is 0 Å². The van der Waals surface area contributed by atoms with Crippen molar-refractivity contribution in [3.05, 3.63) is 53.0 Å². The van der Waals surface area contributed by atoms with Crippen molar-refractivity contribution >= 4 is 10.9 Å². The highest BCUT2D eigenvalue weighted by atomic mass is 16.5. The molecule has 5 heterocycles. The van der Waals surface area contributed by atoms with E-state index < -0.39 is 0 Å².